The molecule has 5 nitrogen and oxygen atoms in total. The summed E-state index contributed by atoms with van der Waals surface area (Å²) in [6, 6.07) is 8.43. The topological polar surface area (TPSA) is 59.5 Å². The number of thiophene rings is 2. The summed E-state index contributed by atoms with van der Waals surface area (Å²) in [4.78, 5) is 13.8. The van der Waals surface area contributed by atoms with Crippen molar-refractivity contribution >= 4 is 57.3 Å². The maximum absolute atomic E-state index is 9.09. The molecule has 3 heterocycles. The fourth-order valence-corrected chi connectivity index (χ4v) is 6.85. The molecule has 0 fully saturated rings. The summed E-state index contributed by atoms with van der Waals surface area (Å²) in [5, 5.41) is 18.2. The molecule has 0 spiro atoms. The fourth-order valence-electron chi connectivity index (χ4n) is 4.67. The van der Waals surface area contributed by atoms with Gasteiger partial charge in [-0.05, 0) is 66.8 Å². The molecule has 0 bridgehead atoms. The number of nitrogens with zero attached hydrogens (tertiary/aromatic N) is 5. The Labute approximate surface area is 230 Å². The van der Waals surface area contributed by atoms with E-state index >= 15 is 0 Å². The number of anilines is 2. The van der Waals surface area contributed by atoms with Crippen LogP contribution in [0, 0.1) is 35.8 Å². The second-order valence-electron chi connectivity index (χ2n) is 8.93. The Bertz CT molecular complexity index is 1560. The van der Waals surface area contributed by atoms with Gasteiger partial charge in [-0.1, -0.05) is 42.4 Å². The molecule has 0 saturated carbocycles. The summed E-state index contributed by atoms with van der Waals surface area (Å²) in [5.74, 6) is 0. The number of allylic oxidation sites excluding steroid dienone is 12. The third-order valence-electron chi connectivity index (χ3n) is 6.43. The first-order chi connectivity index (χ1) is 18.6. The number of fused-ring (bicyclic) bond motifs is 2. The summed E-state index contributed by atoms with van der Waals surface area (Å²) in [6.45, 7) is 17.3. The molecule has 0 N–H and O–H groups in total. The van der Waals surface area contributed by atoms with Crippen LogP contribution in [0.4, 0.5) is 11.4 Å². The van der Waals surface area contributed by atoms with Crippen molar-refractivity contribution in [3.05, 3.63) is 113 Å². The number of hydrogen-bond donors (Lipinski definition) is 0. The lowest BCUT2D eigenvalue weighted by atomic mass is 10.1. The van der Waals surface area contributed by atoms with E-state index < -0.39 is 0 Å². The minimum absolute atomic E-state index is 0.110. The van der Waals surface area contributed by atoms with E-state index in [9.17, 15) is 0 Å². The standard InChI is InChI=1S/C31H21N5S2/c1-4-11-36-26-16-30(22-7-5-20(12-22)14-24(18-32)34-2)37-28(26)9-10-29-27(36)17-31(38-29)23-8-6-21(13-23)15-25(19-33)35-3/h5-10,14-17H,4,11-13H2,1H3/b24-14-,25-15+. The van der Waals surface area contributed by atoms with Crippen LogP contribution < -0.4 is 4.90 Å². The summed E-state index contributed by atoms with van der Waals surface area (Å²) in [6.07, 6.45) is 18.4. The Morgan fingerprint density at radius 3 is 1.74 bits per heavy atom. The zero-order valence-corrected chi connectivity index (χ0v) is 22.3. The normalized spacial score (nSPS) is 16.2. The molecule has 3 aliphatic rings. The van der Waals surface area contributed by atoms with Crippen LogP contribution in [-0.2, 0) is 0 Å². The molecule has 7 heteroatoms. The van der Waals surface area contributed by atoms with Crippen molar-refractivity contribution in [2.24, 2.45) is 0 Å². The number of rotatable bonds is 6. The van der Waals surface area contributed by atoms with Gasteiger partial charge in [-0.15, -0.1) is 22.7 Å². The van der Waals surface area contributed by atoms with Gasteiger partial charge in [0.2, 0.25) is 0 Å². The summed E-state index contributed by atoms with van der Waals surface area (Å²) >= 11 is 3.55. The van der Waals surface area contributed by atoms with Crippen molar-refractivity contribution in [2.75, 3.05) is 11.4 Å². The van der Waals surface area contributed by atoms with Gasteiger partial charge in [0.15, 0.2) is 0 Å². The average molecular weight is 528 g/mol. The molecule has 2 aromatic rings. The van der Waals surface area contributed by atoms with Crippen LogP contribution in [0.1, 0.15) is 45.7 Å². The van der Waals surface area contributed by atoms with E-state index in [0.717, 1.165) is 24.1 Å². The summed E-state index contributed by atoms with van der Waals surface area (Å²) in [5.41, 5.74) is 6.98. The lowest BCUT2D eigenvalue weighted by Crippen LogP contribution is -2.17. The van der Waals surface area contributed by atoms with Crippen molar-refractivity contribution in [1.82, 2.24) is 0 Å². The molecule has 0 saturated heterocycles. The molecular weight excluding hydrogens is 507 g/mol. The first-order valence-corrected chi connectivity index (χ1v) is 13.7. The van der Waals surface area contributed by atoms with E-state index in [1.807, 2.05) is 24.3 Å². The van der Waals surface area contributed by atoms with Crippen LogP contribution in [0.5, 0.6) is 0 Å². The molecule has 0 radical (unpaired) electrons. The zero-order chi connectivity index (χ0) is 26.6. The highest BCUT2D eigenvalue weighted by Crippen LogP contribution is 2.48. The number of nitriles is 2. The molecule has 38 heavy (non-hydrogen) atoms. The Balaban J connectivity index is 1.40. The Morgan fingerprint density at radius 2 is 1.34 bits per heavy atom. The first kappa shape index (κ1) is 25.0. The minimum atomic E-state index is 0.110. The SMILES string of the molecule is [C-]#[N+]/C(C#N)=C\C1=CC=C(c2cc3c(s2)C=Cc2sc(C4=CC=C(/C=C(\C#N)[N+]#[C-])C4)cc2N3CCC)C1. The first-order valence-electron chi connectivity index (χ1n) is 12.1. The van der Waals surface area contributed by atoms with E-state index in [4.69, 9.17) is 23.7 Å². The van der Waals surface area contributed by atoms with Crippen LogP contribution in [0.2, 0.25) is 0 Å². The van der Waals surface area contributed by atoms with Crippen molar-refractivity contribution in [2.45, 2.75) is 26.2 Å². The highest BCUT2D eigenvalue weighted by atomic mass is 32.1. The maximum Gasteiger partial charge on any atom is 0.262 e. The van der Waals surface area contributed by atoms with E-state index in [1.165, 1.54) is 42.0 Å². The van der Waals surface area contributed by atoms with Crippen molar-refractivity contribution in [3.8, 4) is 12.1 Å². The third kappa shape index (κ3) is 4.82. The predicted molar refractivity (Wildman–Crippen MR) is 157 cm³/mol. The summed E-state index contributed by atoms with van der Waals surface area (Å²) in [7, 11) is 0. The van der Waals surface area contributed by atoms with Gasteiger partial charge in [-0.25, -0.2) is 20.2 Å². The molecule has 2 aliphatic carbocycles. The van der Waals surface area contributed by atoms with Crippen LogP contribution in [0.25, 0.3) is 33.0 Å². The van der Waals surface area contributed by atoms with Gasteiger partial charge in [-0.2, -0.15) is 0 Å². The highest BCUT2D eigenvalue weighted by Gasteiger charge is 2.25. The smallest absolute Gasteiger partial charge is 0.262 e. The average Bonchev–Trinajstić information content (AvgIpc) is 3.73. The van der Waals surface area contributed by atoms with Gasteiger partial charge < -0.3 is 4.90 Å². The summed E-state index contributed by atoms with van der Waals surface area (Å²) < 4.78 is 0. The van der Waals surface area contributed by atoms with Gasteiger partial charge in [0, 0.05) is 16.3 Å². The van der Waals surface area contributed by atoms with E-state index in [-0.39, 0.29) is 11.4 Å². The van der Waals surface area contributed by atoms with Crippen molar-refractivity contribution < 1.29 is 0 Å². The zero-order valence-electron chi connectivity index (χ0n) is 20.7. The minimum Gasteiger partial charge on any atom is -0.339 e. The quantitative estimate of drug-likeness (QED) is 0.278. The lowest BCUT2D eigenvalue weighted by Gasteiger charge is -2.23. The van der Waals surface area contributed by atoms with Gasteiger partial charge in [0.25, 0.3) is 11.4 Å². The Kier molecular flexibility index (Phi) is 7.08. The third-order valence-corrected chi connectivity index (χ3v) is 8.76. The molecule has 182 valence electrons. The lowest BCUT2D eigenvalue weighted by molar-refractivity contribution is 0.888. The van der Waals surface area contributed by atoms with Crippen LogP contribution in [0.3, 0.4) is 0 Å². The second-order valence-corrected chi connectivity index (χ2v) is 11.1. The van der Waals surface area contributed by atoms with Crippen molar-refractivity contribution in [3.63, 3.8) is 0 Å². The monoisotopic (exact) mass is 527 g/mol. The highest BCUT2D eigenvalue weighted by molar-refractivity contribution is 7.15. The fraction of sp³-hybridized carbons (Fsp3) is 0.161. The van der Waals surface area contributed by atoms with Crippen molar-refractivity contribution in [1.29, 1.82) is 10.5 Å². The Morgan fingerprint density at radius 1 is 0.868 bits per heavy atom. The molecular formula is C31H21N5S2. The van der Waals surface area contributed by atoms with Gasteiger partial charge in [0.1, 0.15) is 0 Å². The maximum atomic E-state index is 9.09. The van der Waals surface area contributed by atoms with Gasteiger partial charge >= 0.3 is 0 Å². The molecule has 5 rings (SSSR count). The molecule has 0 amide bonds. The molecule has 1 aliphatic heterocycles. The van der Waals surface area contributed by atoms with E-state index in [0.29, 0.717) is 12.8 Å². The molecule has 2 aromatic heterocycles. The van der Waals surface area contributed by atoms with E-state index in [1.54, 1.807) is 34.8 Å². The Hall–Kier alpha value is -4.66. The van der Waals surface area contributed by atoms with Crippen LogP contribution in [0.15, 0.2) is 71.1 Å². The number of hydrogen-bond acceptors (Lipinski definition) is 5. The van der Waals surface area contributed by atoms with Crippen LogP contribution in [-0.4, -0.2) is 6.54 Å². The van der Waals surface area contributed by atoms with Gasteiger partial charge in [-0.3, -0.25) is 0 Å². The van der Waals surface area contributed by atoms with E-state index in [2.05, 4.69) is 58.0 Å². The molecule has 0 unspecified atom stereocenters. The van der Waals surface area contributed by atoms with Crippen LogP contribution >= 0.6 is 22.7 Å². The molecule has 0 atom stereocenters. The second kappa shape index (κ2) is 10.8. The predicted octanol–water partition coefficient (Wildman–Crippen LogP) is 8.92. The molecule has 0 aromatic carbocycles. The largest absolute Gasteiger partial charge is 0.339 e. The van der Waals surface area contributed by atoms with Gasteiger partial charge in [0.05, 0.1) is 46.4 Å².